The number of benzene rings is 1. The van der Waals surface area contributed by atoms with Crippen LogP contribution in [0.3, 0.4) is 0 Å². The fourth-order valence-electron chi connectivity index (χ4n) is 3.29. The average molecular weight is 334 g/mol. The van der Waals surface area contributed by atoms with E-state index < -0.39 is 21.8 Å². The van der Waals surface area contributed by atoms with Crippen molar-refractivity contribution < 1.29 is 21.6 Å². The number of fused-ring (bicyclic) bond motifs is 2. The fraction of sp³-hybridized carbons (Fsp3) is 0.571. The second-order valence-corrected chi connectivity index (χ2v) is 7.58. The molecule has 4 nitrogen and oxygen atoms in total. The number of nitrogens with zero attached hydrogens (tertiary/aromatic N) is 1. The summed E-state index contributed by atoms with van der Waals surface area (Å²) in [5.74, 6) is 0. The van der Waals surface area contributed by atoms with Gasteiger partial charge in [-0.2, -0.15) is 17.5 Å². The maximum atomic E-state index is 12.8. The number of sulfonamides is 1. The first kappa shape index (κ1) is 15.8. The predicted octanol–water partition coefficient (Wildman–Crippen LogP) is 2.22. The van der Waals surface area contributed by atoms with Gasteiger partial charge in [0.25, 0.3) is 0 Å². The van der Waals surface area contributed by atoms with Gasteiger partial charge in [-0.05, 0) is 44.0 Å². The topological polar surface area (TPSA) is 49.4 Å². The molecule has 1 N–H and O–H groups in total. The molecule has 8 heteroatoms. The van der Waals surface area contributed by atoms with E-state index >= 15 is 0 Å². The van der Waals surface area contributed by atoms with Crippen molar-refractivity contribution in [2.45, 2.75) is 42.4 Å². The third-order valence-corrected chi connectivity index (χ3v) is 6.32. The van der Waals surface area contributed by atoms with Gasteiger partial charge in [0, 0.05) is 18.6 Å². The molecule has 0 aliphatic carbocycles. The molecule has 0 radical (unpaired) electrons. The van der Waals surface area contributed by atoms with Crippen LogP contribution in [-0.4, -0.2) is 37.9 Å². The zero-order valence-corrected chi connectivity index (χ0v) is 12.6. The van der Waals surface area contributed by atoms with Gasteiger partial charge in [-0.1, -0.05) is 6.07 Å². The lowest BCUT2D eigenvalue weighted by atomic mass is 10.1. The van der Waals surface area contributed by atoms with Gasteiger partial charge in [0.2, 0.25) is 10.0 Å². The van der Waals surface area contributed by atoms with E-state index in [1.165, 1.54) is 10.4 Å². The second-order valence-electron chi connectivity index (χ2n) is 5.74. The Balaban J connectivity index is 2.00. The summed E-state index contributed by atoms with van der Waals surface area (Å²) in [6, 6.07) is 3.70. The van der Waals surface area contributed by atoms with E-state index in [9.17, 15) is 21.6 Å². The number of hydrogen-bond donors (Lipinski definition) is 1. The van der Waals surface area contributed by atoms with Crippen molar-refractivity contribution in [3.05, 3.63) is 29.8 Å². The molecule has 1 aromatic carbocycles. The minimum Gasteiger partial charge on any atom is -0.315 e. The third kappa shape index (κ3) is 2.75. The largest absolute Gasteiger partial charge is 0.416 e. The number of rotatable bonds is 2. The summed E-state index contributed by atoms with van der Waals surface area (Å²) >= 11 is 0. The van der Waals surface area contributed by atoms with E-state index in [4.69, 9.17) is 0 Å². The number of hydrogen-bond acceptors (Lipinski definition) is 3. The van der Waals surface area contributed by atoms with Crippen LogP contribution in [0, 0.1) is 0 Å². The number of nitrogens with one attached hydrogen (secondary N) is 1. The molecular weight excluding hydrogens is 317 g/mol. The summed E-state index contributed by atoms with van der Waals surface area (Å²) in [7, 11) is -3.91. The zero-order valence-electron chi connectivity index (χ0n) is 11.8. The summed E-state index contributed by atoms with van der Waals surface area (Å²) < 4.78 is 65.5. The van der Waals surface area contributed by atoms with E-state index in [1.807, 2.05) is 0 Å². The summed E-state index contributed by atoms with van der Waals surface area (Å²) in [5, 5.41) is 3.18. The van der Waals surface area contributed by atoms with Crippen molar-refractivity contribution in [3.63, 3.8) is 0 Å². The minimum atomic E-state index is -4.55. The lowest BCUT2D eigenvalue weighted by Crippen LogP contribution is -2.42. The highest BCUT2D eigenvalue weighted by Gasteiger charge is 2.43. The van der Waals surface area contributed by atoms with Crippen LogP contribution in [0.15, 0.2) is 29.2 Å². The van der Waals surface area contributed by atoms with E-state index in [2.05, 4.69) is 5.32 Å². The smallest absolute Gasteiger partial charge is 0.315 e. The van der Waals surface area contributed by atoms with Gasteiger partial charge in [-0.25, -0.2) is 8.42 Å². The molecule has 2 aliphatic rings. The molecule has 2 aliphatic heterocycles. The Bertz CT molecular complexity index is 646. The Morgan fingerprint density at radius 1 is 1.14 bits per heavy atom. The van der Waals surface area contributed by atoms with Crippen molar-refractivity contribution in [1.82, 2.24) is 9.62 Å². The first-order valence-corrected chi connectivity index (χ1v) is 8.65. The molecule has 2 saturated heterocycles. The van der Waals surface area contributed by atoms with Gasteiger partial charge in [-0.15, -0.1) is 0 Å². The normalized spacial score (nSPS) is 26.9. The predicted molar refractivity (Wildman–Crippen MR) is 74.8 cm³/mol. The van der Waals surface area contributed by atoms with Gasteiger partial charge >= 0.3 is 6.18 Å². The van der Waals surface area contributed by atoms with Crippen molar-refractivity contribution in [3.8, 4) is 0 Å². The lowest BCUT2D eigenvalue weighted by molar-refractivity contribution is -0.137. The molecule has 2 atom stereocenters. The Labute approximate surface area is 127 Å². The molecule has 2 bridgehead atoms. The summed E-state index contributed by atoms with van der Waals surface area (Å²) in [4.78, 5) is -0.277. The Hall–Kier alpha value is -1.12. The van der Waals surface area contributed by atoms with Crippen LogP contribution in [-0.2, 0) is 16.2 Å². The van der Waals surface area contributed by atoms with Gasteiger partial charge in [-0.3, -0.25) is 0 Å². The molecule has 122 valence electrons. The van der Waals surface area contributed by atoms with E-state index in [-0.39, 0.29) is 17.0 Å². The van der Waals surface area contributed by atoms with Gasteiger partial charge in [0.15, 0.2) is 0 Å². The molecule has 1 aromatic rings. The highest BCUT2D eigenvalue weighted by atomic mass is 32.2. The van der Waals surface area contributed by atoms with Crippen LogP contribution in [0.25, 0.3) is 0 Å². The van der Waals surface area contributed by atoms with E-state index in [0.29, 0.717) is 13.0 Å². The summed E-state index contributed by atoms with van der Waals surface area (Å²) in [6.45, 7) is 1.28. The fourth-order valence-corrected chi connectivity index (χ4v) is 5.23. The van der Waals surface area contributed by atoms with Crippen LogP contribution >= 0.6 is 0 Å². The van der Waals surface area contributed by atoms with Crippen LogP contribution < -0.4 is 5.32 Å². The second kappa shape index (κ2) is 5.50. The van der Waals surface area contributed by atoms with Crippen LogP contribution in [0.2, 0.25) is 0 Å². The monoisotopic (exact) mass is 334 g/mol. The van der Waals surface area contributed by atoms with Crippen LogP contribution in [0.4, 0.5) is 13.2 Å². The average Bonchev–Trinajstić information content (AvgIpc) is 2.72. The lowest BCUT2D eigenvalue weighted by Gasteiger charge is -2.27. The number of alkyl halides is 3. The SMILES string of the molecule is O=S(=O)(c1cccc(C(F)(F)F)c1)N1C2CCNCC1CC2. The Kier molecular flexibility index (Phi) is 3.94. The maximum Gasteiger partial charge on any atom is 0.416 e. The maximum absolute atomic E-state index is 12.8. The summed E-state index contributed by atoms with van der Waals surface area (Å²) in [6.07, 6.45) is -2.35. The van der Waals surface area contributed by atoms with Crippen molar-refractivity contribution in [1.29, 1.82) is 0 Å². The highest BCUT2D eigenvalue weighted by molar-refractivity contribution is 7.89. The first-order chi connectivity index (χ1) is 10.3. The van der Waals surface area contributed by atoms with Gasteiger partial charge in [0.1, 0.15) is 0 Å². The van der Waals surface area contributed by atoms with Gasteiger partial charge in [0.05, 0.1) is 10.5 Å². The highest BCUT2D eigenvalue weighted by Crippen LogP contribution is 2.36. The molecule has 22 heavy (non-hydrogen) atoms. The van der Waals surface area contributed by atoms with Crippen molar-refractivity contribution in [2.75, 3.05) is 13.1 Å². The molecule has 0 spiro atoms. The van der Waals surface area contributed by atoms with E-state index in [0.717, 1.165) is 37.6 Å². The molecule has 3 rings (SSSR count). The third-order valence-electron chi connectivity index (χ3n) is 4.32. The molecule has 0 amide bonds. The van der Waals surface area contributed by atoms with Crippen molar-refractivity contribution in [2.24, 2.45) is 0 Å². The quantitative estimate of drug-likeness (QED) is 0.902. The first-order valence-electron chi connectivity index (χ1n) is 7.21. The molecular formula is C14H17F3N2O2S. The number of halogens is 3. The van der Waals surface area contributed by atoms with E-state index in [1.54, 1.807) is 0 Å². The summed E-state index contributed by atoms with van der Waals surface area (Å²) in [5.41, 5.74) is -0.936. The van der Waals surface area contributed by atoms with Gasteiger partial charge < -0.3 is 5.32 Å². The van der Waals surface area contributed by atoms with Crippen LogP contribution in [0.5, 0.6) is 0 Å². The van der Waals surface area contributed by atoms with Crippen molar-refractivity contribution >= 4 is 10.0 Å². The molecule has 2 fully saturated rings. The standard InChI is InChI=1S/C14H17F3N2O2S/c15-14(16,17)10-2-1-3-13(8-10)22(20,21)19-11-4-5-12(19)9-18-7-6-11/h1-3,8,11-12,18H,4-7,9H2. The Morgan fingerprint density at radius 2 is 1.86 bits per heavy atom. The minimum absolute atomic E-state index is 0.125. The molecule has 0 aromatic heterocycles. The van der Waals surface area contributed by atoms with Crippen LogP contribution in [0.1, 0.15) is 24.8 Å². The molecule has 0 saturated carbocycles. The molecule has 2 unspecified atom stereocenters. The molecule has 2 heterocycles. The Morgan fingerprint density at radius 3 is 2.59 bits per heavy atom. The zero-order chi connectivity index (χ0) is 16.0.